The topological polar surface area (TPSA) is 61.4 Å². The van der Waals surface area contributed by atoms with Crippen LogP contribution in [-0.2, 0) is 4.79 Å². The molecule has 5 nitrogen and oxygen atoms in total. The summed E-state index contributed by atoms with van der Waals surface area (Å²) in [6.45, 7) is 2.88. The Hall–Kier alpha value is -2.82. The predicted octanol–water partition coefficient (Wildman–Crippen LogP) is 2.06. The summed E-state index contributed by atoms with van der Waals surface area (Å²) in [5.41, 5.74) is 1.64. The average Bonchev–Trinajstić information content (AvgIpc) is 2.62. The third kappa shape index (κ3) is 5.12. The summed E-state index contributed by atoms with van der Waals surface area (Å²) in [5.74, 6) is -0.444. The van der Waals surface area contributed by atoms with E-state index >= 15 is 0 Å². The van der Waals surface area contributed by atoms with E-state index in [1.54, 1.807) is 31.2 Å². The molecule has 2 aromatic rings. The molecule has 24 heavy (non-hydrogen) atoms. The number of anilines is 1. The molecular weight excluding hydrogens is 302 g/mol. The van der Waals surface area contributed by atoms with Crippen LogP contribution in [0.5, 0.6) is 0 Å². The first-order chi connectivity index (χ1) is 11.6. The van der Waals surface area contributed by atoms with E-state index in [0.29, 0.717) is 18.7 Å². The van der Waals surface area contributed by atoms with E-state index in [9.17, 15) is 9.59 Å². The van der Waals surface area contributed by atoms with Gasteiger partial charge in [-0.2, -0.15) is 0 Å². The molecule has 126 valence electrons. The molecule has 0 saturated carbocycles. The first-order valence-corrected chi connectivity index (χ1v) is 7.97. The van der Waals surface area contributed by atoms with E-state index in [1.165, 1.54) is 0 Å². The number of hydrogen-bond acceptors (Lipinski definition) is 3. The fraction of sp³-hybridized carbons (Fsp3) is 0.263. The molecule has 2 amide bonds. The van der Waals surface area contributed by atoms with Crippen LogP contribution in [0.1, 0.15) is 17.3 Å². The van der Waals surface area contributed by atoms with E-state index in [2.05, 4.69) is 15.5 Å². The Kier molecular flexibility index (Phi) is 6.37. The minimum Gasteiger partial charge on any atom is -0.373 e. The highest BCUT2D eigenvalue weighted by molar-refractivity contribution is 5.97. The molecule has 1 atom stereocenters. The molecule has 0 fully saturated rings. The standard InChI is InChI=1S/C19H23N3O2/c1-15(21-19(24)16-9-5-3-6-10-16)18(23)20-13-14-22(2)17-11-7-4-8-12-17/h3-12,15H,13-14H2,1-2H3,(H,20,23)(H,21,24). The number of likely N-dealkylation sites (N-methyl/N-ethyl adjacent to an activating group) is 1. The Morgan fingerprint density at radius 2 is 1.58 bits per heavy atom. The van der Waals surface area contributed by atoms with Crippen molar-refractivity contribution in [3.63, 3.8) is 0 Å². The summed E-state index contributed by atoms with van der Waals surface area (Å²) in [6, 6.07) is 18.2. The number of carbonyl (C=O) groups is 2. The highest BCUT2D eigenvalue weighted by Gasteiger charge is 2.16. The number of rotatable bonds is 7. The average molecular weight is 325 g/mol. The van der Waals surface area contributed by atoms with Crippen LogP contribution in [0.4, 0.5) is 5.69 Å². The van der Waals surface area contributed by atoms with Crippen molar-refractivity contribution < 1.29 is 9.59 Å². The smallest absolute Gasteiger partial charge is 0.251 e. The number of benzene rings is 2. The lowest BCUT2D eigenvalue weighted by Gasteiger charge is -2.20. The number of nitrogens with zero attached hydrogens (tertiary/aromatic N) is 1. The lowest BCUT2D eigenvalue weighted by atomic mass is 10.2. The van der Waals surface area contributed by atoms with Crippen LogP contribution < -0.4 is 15.5 Å². The zero-order valence-electron chi connectivity index (χ0n) is 14.0. The molecule has 0 spiro atoms. The number of para-hydroxylation sites is 1. The van der Waals surface area contributed by atoms with E-state index in [0.717, 1.165) is 5.69 Å². The van der Waals surface area contributed by atoms with Gasteiger partial charge in [-0.1, -0.05) is 36.4 Å². The van der Waals surface area contributed by atoms with Crippen LogP contribution in [0, 0.1) is 0 Å². The zero-order valence-corrected chi connectivity index (χ0v) is 14.0. The molecule has 0 bridgehead atoms. The molecule has 0 aliphatic heterocycles. The molecule has 1 unspecified atom stereocenters. The van der Waals surface area contributed by atoms with Gasteiger partial charge in [0.05, 0.1) is 0 Å². The molecule has 2 aromatic carbocycles. The van der Waals surface area contributed by atoms with Gasteiger partial charge in [-0.15, -0.1) is 0 Å². The summed E-state index contributed by atoms with van der Waals surface area (Å²) in [7, 11) is 1.97. The molecule has 0 aliphatic carbocycles. The normalized spacial score (nSPS) is 11.4. The summed E-state index contributed by atoms with van der Waals surface area (Å²) >= 11 is 0. The molecule has 2 rings (SSSR count). The van der Waals surface area contributed by atoms with E-state index in [4.69, 9.17) is 0 Å². The van der Waals surface area contributed by atoms with Crippen molar-refractivity contribution >= 4 is 17.5 Å². The van der Waals surface area contributed by atoms with E-state index < -0.39 is 6.04 Å². The molecule has 5 heteroatoms. The van der Waals surface area contributed by atoms with Gasteiger partial charge in [-0.25, -0.2) is 0 Å². The summed E-state index contributed by atoms with van der Waals surface area (Å²) in [6.07, 6.45) is 0. The van der Waals surface area contributed by atoms with Crippen molar-refractivity contribution in [3.8, 4) is 0 Å². The van der Waals surface area contributed by atoms with Crippen molar-refractivity contribution in [2.24, 2.45) is 0 Å². The highest BCUT2D eigenvalue weighted by Crippen LogP contribution is 2.09. The SMILES string of the molecule is CC(NC(=O)c1ccccc1)C(=O)NCCN(C)c1ccccc1. The molecule has 0 aliphatic rings. The van der Waals surface area contributed by atoms with Gasteiger partial charge in [-0.3, -0.25) is 9.59 Å². The molecule has 0 radical (unpaired) electrons. The minimum absolute atomic E-state index is 0.194. The van der Waals surface area contributed by atoms with Gasteiger partial charge in [-0.05, 0) is 31.2 Å². The van der Waals surface area contributed by atoms with Crippen molar-refractivity contribution in [1.82, 2.24) is 10.6 Å². The van der Waals surface area contributed by atoms with Crippen LogP contribution in [0.15, 0.2) is 60.7 Å². The summed E-state index contributed by atoms with van der Waals surface area (Å²) < 4.78 is 0. The summed E-state index contributed by atoms with van der Waals surface area (Å²) in [5, 5.41) is 5.55. The maximum atomic E-state index is 12.1. The van der Waals surface area contributed by atoms with Gasteiger partial charge in [0.25, 0.3) is 5.91 Å². The first-order valence-electron chi connectivity index (χ1n) is 7.97. The van der Waals surface area contributed by atoms with Gasteiger partial charge in [0, 0.05) is 31.4 Å². The van der Waals surface area contributed by atoms with E-state index in [1.807, 2.05) is 43.4 Å². The third-order valence-electron chi connectivity index (χ3n) is 3.72. The van der Waals surface area contributed by atoms with Gasteiger partial charge in [0.15, 0.2) is 0 Å². The van der Waals surface area contributed by atoms with Crippen molar-refractivity contribution in [3.05, 3.63) is 66.2 Å². The monoisotopic (exact) mass is 325 g/mol. The van der Waals surface area contributed by atoms with Crippen LogP contribution >= 0.6 is 0 Å². The number of nitrogens with one attached hydrogen (secondary N) is 2. The fourth-order valence-electron chi connectivity index (χ4n) is 2.25. The number of hydrogen-bond donors (Lipinski definition) is 2. The Morgan fingerprint density at radius 3 is 2.21 bits per heavy atom. The Labute approximate surface area is 142 Å². The van der Waals surface area contributed by atoms with Crippen molar-refractivity contribution in [1.29, 1.82) is 0 Å². The quantitative estimate of drug-likeness (QED) is 0.819. The fourth-order valence-corrected chi connectivity index (χ4v) is 2.25. The van der Waals surface area contributed by atoms with Gasteiger partial charge >= 0.3 is 0 Å². The van der Waals surface area contributed by atoms with Crippen molar-refractivity contribution in [2.75, 3.05) is 25.0 Å². The van der Waals surface area contributed by atoms with Crippen LogP contribution in [-0.4, -0.2) is 38.0 Å². The second-order valence-corrected chi connectivity index (χ2v) is 5.61. The largest absolute Gasteiger partial charge is 0.373 e. The Balaban J connectivity index is 1.75. The zero-order chi connectivity index (χ0) is 17.4. The second-order valence-electron chi connectivity index (χ2n) is 5.61. The molecular formula is C19H23N3O2. The molecule has 0 saturated heterocycles. The van der Waals surface area contributed by atoms with Gasteiger partial charge in [0.2, 0.25) is 5.91 Å². The third-order valence-corrected chi connectivity index (χ3v) is 3.72. The molecule has 2 N–H and O–H groups in total. The molecule has 0 heterocycles. The molecule has 0 aromatic heterocycles. The number of amides is 2. The lowest BCUT2D eigenvalue weighted by Crippen LogP contribution is -2.46. The lowest BCUT2D eigenvalue weighted by molar-refractivity contribution is -0.122. The highest BCUT2D eigenvalue weighted by atomic mass is 16.2. The van der Waals surface area contributed by atoms with Crippen LogP contribution in [0.3, 0.4) is 0 Å². The Bertz CT molecular complexity index is 659. The predicted molar refractivity (Wildman–Crippen MR) is 96.1 cm³/mol. The first kappa shape index (κ1) is 17.5. The van der Waals surface area contributed by atoms with Gasteiger partial charge < -0.3 is 15.5 Å². The second kappa shape index (κ2) is 8.72. The maximum absolute atomic E-state index is 12.1. The van der Waals surface area contributed by atoms with E-state index in [-0.39, 0.29) is 11.8 Å². The van der Waals surface area contributed by atoms with Crippen LogP contribution in [0.2, 0.25) is 0 Å². The van der Waals surface area contributed by atoms with Crippen LogP contribution in [0.25, 0.3) is 0 Å². The number of carbonyl (C=O) groups excluding carboxylic acids is 2. The van der Waals surface area contributed by atoms with Gasteiger partial charge in [0.1, 0.15) is 6.04 Å². The maximum Gasteiger partial charge on any atom is 0.251 e. The summed E-state index contributed by atoms with van der Waals surface area (Å²) in [4.78, 5) is 26.2. The minimum atomic E-state index is -0.584. The van der Waals surface area contributed by atoms with Crippen molar-refractivity contribution in [2.45, 2.75) is 13.0 Å². The Morgan fingerprint density at radius 1 is 1.00 bits per heavy atom.